The Labute approximate surface area is 135 Å². The molecule has 0 aliphatic carbocycles. The molecule has 122 valence electrons. The molecule has 2 aromatic rings. The number of likely N-dealkylation sites (N-methyl/N-ethyl adjacent to an activating group) is 1. The van der Waals surface area contributed by atoms with Crippen LogP contribution in [-0.4, -0.2) is 26.6 Å². The summed E-state index contributed by atoms with van der Waals surface area (Å²) in [5, 5.41) is 2.72. The summed E-state index contributed by atoms with van der Waals surface area (Å²) in [6.07, 6.45) is 0. The van der Waals surface area contributed by atoms with Gasteiger partial charge in [-0.2, -0.15) is 0 Å². The van der Waals surface area contributed by atoms with Gasteiger partial charge in [0.2, 0.25) is 0 Å². The molecule has 2 rings (SSSR count). The van der Waals surface area contributed by atoms with Crippen LogP contribution >= 0.6 is 0 Å². The van der Waals surface area contributed by atoms with Crippen LogP contribution in [0.15, 0.2) is 42.5 Å². The van der Waals surface area contributed by atoms with Crippen molar-refractivity contribution in [3.05, 3.63) is 59.4 Å². The first-order valence-corrected chi connectivity index (χ1v) is 7.48. The molecule has 0 radical (unpaired) electrons. The second kappa shape index (κ2) is 7.74. The van der Waals surface area contributed by atoms with E-state index >= 15 is 0 Å². The minimum Gasteiger partial charge on any atom is -0.497 e. The number of ether oxygens (including phenoxy) is 1. The Bertz CT molecular complexity index is 688. The molecule has 23 heavy (non-hydrogen) atoms. The first kappa shape index (κ1) is 17.0. The molecule has 1 unspecified atom stereocenters. The standard InChI is InChI=1S/C18H21FN2O2/c1-13-7-8-15(10-17(13)19)20-18(22)12-21(2)11-14-5-4-6-16(9-14)23-3/h4-10H,11-12H2,1-3H3,(H,20,22)/p+1. The number of methoxy groups -OCH3 is 1. The SMILES string of the molecule is COc1cccc(C[NH+](C)CC(=O)Nc2ccc(C)c(F)c2)c1. The maximum absolute atomic E-state index is 13.5. The summed E-state index contributed by atoms with van der Waals surface area (Å²) in [7, 11) is 3.57. The number of nitrogens with one attached hydrogen (secondary N) is 2. The molecule has 0 bridgehead atoms. The lowest BCUT2D eigenvalue weighted by atomic mass is 10.2. The molecule has 0 spiro atoms. The van der Waals surface area contributed by atoms with Gasteiger partial charge < -0.3 is 15.0 Å². The number of rotatable bonds is 6. The topological polar surface area (TPSA) is 42.8 Å². The highest BCUT2D eigenvalue weighted by Gasteiger charge is 2.12. The second-order valence-corrected chi connectivity index (χ2v) is 5.67. The molecule has 4 nitrogen and oxygen atoms in total. The molecular weight excluding hydrogens is 295 g/mol. The molecule has 5 heteroatoms. The third-order valence-corrected chi connectivity index (χ3v) is 3.56. The number of anilines is 1. The van der Waals surface area contributed by atoms with Crippen molar-refractivity contribution >= 4 is 11.6 Å². The molecule has 0 fully saturated rings. The Balaban J connectivity index is 1.90. The Hall–Kier alpha value is -2.40. The summed E-state index contributed by atoms with van der Waals surface area (Å²) in [5.74, 6) is 0.336. The van der Waals surface area contributed by atoms with Crippen molar-refractivity contribution in [1.82, 2.24) is 0 Å². The quantitative estimate of drug-likeness (QED) is 0.853. The van der Waals surface area contributed by atoms with Gasteiger partial charge in [-0.1, -0.05) is 18.2 Å². The molecular formula is C18H22FN2O2+. The van der Waals surface area contributed by atoms with Gasteiger partial charge in [0.05, 0.1) is 14.2 Å². The predicted molar refractivity (Wildman–Crippen MR) is 88.2 cm³/mol. The molecule has 0 saturated carbocycles. The average Bonchev–Trinajstić information content (AvgIpc) is 2.51. The van der Waals surface area contributed by atoms with E-state index in [4.69, 9.17) is 4.74 Å². The highest BCUT2D eigenvalue weighted by molar-refractivity contribution is 5.91. The number of benzene rings is 2. The lowest BCUT2D eigenvalue weighted by molar-refractivity contribution is -0.885. The van der Waals surface area contributed by atoms with Gasteiger partial charge >= 0.3 is 0 Å². The molecule has 0 aromatic heterocycles. The van der Waals surface area contributed by atoms with Crippen LogP contribution in [0, 0.1) is 12.7 Å². The van der Waals surface area contributed by atoms with Gasteiger partial charge in [-0.15, -0.1) is 0 Å². The highest BCUT2D eigenvalue weighted by atomic mass is 19.1. The maximum atomic E-state index is 13.5. The second-order valence-electron chi connectivity index (χ2n) is 5.67. The molecule has 0 heterocycles. The monoisotopic (exact) mass is 317 g/mol. The van der Waals surface area contributed by atoms with E-state index in [2.05, 4.69) is 5.32 Å². The van der Waals surface area contributed by atoms with Crippen LogP contribution in [0.1, 0.15) is 11.1 Å². The number of halogens is 1. The van der Waals surface area contributed by atoms with Crippen molar-refractivity contribution in [3.63, 3.8) is 0 Å². The smallest absolute Gasteiger partial charge is 0.279 e. The molecule has 1 atom stereocenters. The average molecular weight is 317 g/mol. The number of hydrogen-bond donors (Lipinski definition) is 2. The number of aryl methyl sites for hydroxylation is 1. The predicted octanol–water partition coefficient (Wildman–Crippen LogP) is 1.80. The van der Waals surface area contributed by atoms with E-state index in [1.54, 1.807) is 26.2 Å². The first-order valence-electron chi connectivity index (χ1n) is 7.48. The van der Waals surface area contributed by atoms with Gasteiger partial charge in [0.15, 0.2) is 6.54 Å². The lowest BCUT2D eigenvalue weighted by Crippen LogP contribution is -3.08. The van der Waals surface area contributed by atoms with Crippen LogP contribution in [0.25, 0.3) is 0 Å². The van der Waals surface area contributed by atoms with Crippen molar-refractivity contribution in [2.24, 2.45) is 0 Å². The van der Waals surface area contributed by atoms with Gasteiger partial charge in [-0.05, 0) is 36.8 Å². The minimum absolute atomic E-state index is 0.145. The van der Waals surface area contributed by atoms with E-state index in [-0.39, 0.29) is 11.7 Å². The maximum Gasteiger partial charge on any atom is 0.279 e. The Kier molecular flexibility index (Phi) is 5.71. The minimum atomic E-state index is -0.320. The molecule has 2 aromatic carbocycles. The molecule has 1 amide bonds. The Morgan fingerprint density at radius 2 is 2.04 bits per heavy atom. The van der Waals surface area contributed by atoms with E-state index < -0.39 is 0 Å². The van der Waals surface area contributed by atoms with Gasteiger partial charge in [-0.3, -0.25) is 4.79 Å². The van der Waals surface area contributed by atoms with Crippen molar-refractivity contribution in [2.75, 3.05) is 26.0 Å². The Morgan fingerprint density at radius 1 is 1.26 bits per heavy atom. The fourth-order valence-electron chi connectivity index (χ4n) is 2.34. The zero-order chi connectivity index (χ0) is 16.8. The van der Waals surface area contributed by atoms with Crippen LogP contribution in [0.2, 0.25) is 0 Å². The van der Waals surface area contributed by atoms with E-state index in [9.17, 15) is 9.18 Å². The third kappa shape index (κ3) is 5.07. The first-order chi connectivity index (χ1) is 11.0. The van der Waals surface area contributed by atoms with E-state index in [1.165, 1.54) is 6.07 Å². The summed E-state index contributed by atoms with van der Waals surface area (Å²) in [4.78, 5) is 13.1. The lowest BCUT2D eigenvalue weighted by Gasteiger charge is -2.14. The summed E-state index contributed by atoms with van der Waals surface area (Å²) in [6, 6.07) is 12.5. The number of carbonyl (C=O) groups is 1. The number of quaternary nitrogens is 1. The van der Waals surface area contributed by atoms with Crippen molar-refractivity contribution in [3.8, 4) is 5.75 Å². The van der Waals surface area contributed by atoms with Gasteiger partial charge in [0.1, 0.15) is 18.1 Å². The zero-order valence-electron chi connectivity index (χ0n) is 13.7. The molecule has 0 aliphatic heterocycles. The van der Waals surface area contributed by atoms with Crippen molar-refractivity contribution in [1.29, 1.82) is 0 Å². The van der Waals surface area contributed by atoms with Crippen LogP contribution in [0.3, 0.4) is 0 Å². The van der Waals surface area contributed by atoms with Crippen LogP contribution in [-0.2, 0) is 11.3 Å². The van der Waals surface area contributed by atoms with E-state index in [1.807, 2.05) is 31.3 Å². The summed E-state index contributed by atoms with van der Waals surface area (Å²) in [6.45, 7) is 2.69. The molecule has 2 N–H and O–H groups in total. The van der Waals surface area contributed by atoms with Gasteiger partial charge in [-0.25, -0.2) is 4.39 Å². The number of hydrogen-bond acceptors (Lipinski definition) is 2. The molecule has 0 saturated heterocycles. The largest absolute Gasteiger partial charge is 0.497 e. The Morgan fingerprint density at radius 3 is 2.74 bits per heavy atom. The van der Waals surface area contributed by atoms with Crippen LogP contribution < -0.4 is 15.0 Å². The fourth-order valence-corrected chi connectivity index (χ4v) is 2.34. The number of amides is 1. The van der Waals surface area contributed by atoms with E-state index in [0.29, 0.717) is 24.3 Å². The summed E-state index contributed by atoms with van der Waals surface area (Å²) in [5.41, 5.74) is 2.13. The zero-order valence-corrected chi connectivity index (χ0v) is 13.7. The molecule has 0 aliphatic rings. The van der Waals surface area contributed by atoms with Crippen LogP contribution in [0.4, 0.5) is 10.1 Å². The van der Waals surface area contributed by atoms with Crippen molar-refractivity contribution < 1.29 is 18.8 Å². The van der Waals surface area contributed by atoms with Gasteiger partial charge in [0, 0.05) is 11.3 Å². The fraction of sp³-hybridized carbons (Fsp3) is 0.278. The normalized spacial score (nSPS) is 11.8. The van der Waals surface area contributed by atoms with E-state index in [0.717, 1.165) is 16.2 Å². The number of carbonyl (C=O) groups excluding carboxylic acids is 1. The van der Waals surface area contributed by atoms with Gasteiger partial charge in [0.25, 0.3) is 5.91 Å². The summed E-state index contributed by atoms with van der Waals surface area (Å²) >= 11 is 0. The summed E-state index contributed by atoms with van der Waals surface area (Å²) < 4.78 is 18.7. The highest BCUT2D eigenvalue weighted by Crippen LogP contribution is 2.13. The third-order valence-electron chi connectivity index (χ3n) is 3.56. The van der Waals surface area contributed by atoms with Crippen LogP contribution in [0.5, 0.6) is 5.75 Å². The van der Waals surface area contributed by atoms with Crippen molar-refractivity contribution in [2.45, 2.75) is 13.5 Å².